The van der Waals surface area contributed by atoms with Crippen molar-refractivity contribution >= 4 is 0 Å². The molecule has 3 rings (SSSR count). The molecule has 3 aromatic rings. The normalized spacial score (nSPS) is 14.8. The van der Waals surface area contributed by atoms with E-state index < -0.39 is 6.10 Å². The first-order chi connectivity index (χ1) is 11.8. The number of hydrogen-bond donors (Lipinski definition) is 2. The van der Waals surface area contributed by atoms with Crippen LogP contribution < -0.4 is 5.32 Å². The first kappa shape index (κ1) is 16.4. The highest BCUT2D eigenvalue weighted by Crippen LogP contribution is 2.31. The van der Waals surface area contributed by atoms with Gasteiger partial charge in [0.25, 0.3) is 0 Å². The number of aliphatic hydroxyl groups is 1. The zero-order valence-electron chi connectivity index (χ0n) is 13.8. The zero-order chi connectivity index (χ0) is 16.8. The summed E-state index contributed by atoms with van der Waals surface area (Å²) >= 11 is 0. The van der Waals surface area contributed by atoms with Crippen LogP contribution in [0, 0.1) is 0 Å². The maximum atomic E-state index is 11.0. The largest absolute Gasteiger partial charge is 0.386 e. The summed E-state index contributed by atoms with van der Waals surface area (Å²) in [6.45, 7) is 2.13. The lowest BCUT2D eigenvalue weighted by Crippen LogP contribution is -2.29. The Morgan fingerprint density at radius 2 is 1.04 bits per heavy atom. The molecule has 3 aromatic carbocycles. The Bertz CT molecular complexity index is 728. The Kier molecular flexibility index (Phi) is 5.42. The summed E-state index contributed by atoms with van der Waals surface area (Å²) < 4.78 is 0. The van der Waals surface area contributed by atoms with Crippen LogP contribution in [-0.4, -0.2) is 5.11 Å². The molecule has 0 radical (unpaired) electrons. The molecule has 0 spiro atoms. The first-order valence-electron chi connectivity index (χ1n) is 8.34. The summed E-state index contributed by atoms with van der Waals surface area (Å²) in [5.41, 5.74) is 3.20. The lowest BCUT2D eigenvalue weighted by molar-refractivity contribution is 0.123. The molecule has 2 heteroatoms. The Labute approximate surface area is 143 Å². The molecule has 0 unspecified atom stereocenters. The minimum absolute atomic E-state index is 0.134. The molecule has 0 aromatic heterocycles. The van der Waals surface area contributed by atoms with Gasteiger partial charge in [-0.2, -0.15) is 0 Å². The summed E-state index contributed by atoms with van der Waals surface area (Å²) in [7, 11) is 0. The number of benzene rings is 3. The third-order valence-electron chi connectivity index (χ3n) is 4.34. The highest BCUT2D eigenvalue weighted by atomic mass is 16.3. The van der Waals surface area contributed by atoms with Crippen LogP contribution in [0.25, 0.3) is 0 Å². The second-order valence-electron chi connectivity index (χ2n) is 6.04. The Morgan fingerprint density at radius 1 is 0.625 bits per heavy atom. The fourth-order valence-electron chi connectivity index (χ4n) is 2.98. The maximum Gasteiger partial charge on any atom is 0.0984 e. The van der Waals surface area contributed by atoms with Gasteiger partial charge in [0.15, 0.2) is 0 Å². The average molecular weight is 317 g/mol. The topological polar surface area (TPSA) is 32.3 Å². The highest BCUT2D eigenvalue weighted by Gasteiger charge is 2.24. The number of nitrogens with one attached hydrogen (secondary N) is 1. The molecule has 2 nitrogen and oxygen atoms in total. The van der Waals surface area contributed by atoms with E-state index in [4.69, 9.17) is 0 Å². The molecule has 2 N–H and O–H groups in total. The molecule has 122 valence electrons. The minimum atomic E-state index is -0.611. The molecule has 0 aliphatic rings. The number of aliphatic hydroxyl groups excluding tert-OH is 1. The molecule has 24 heavy (non-hydrogen) atoms. The van der Waals surface area contributed by atoms with Gasteiger partial charge in [-0.3, -0.25) is 0 Å². The Balaban J connectivity index is 1.88. The van der Waals surface area contributed by atoms with Crippen molar-refractivity contribution in [2.24, 2.45) is 0 Å². The van der Waals surface area contributed by atoms with Crippen LogP contribution >= 0.6 is 0 Å². The Hall–Kier alpha value is -2.42. The van der Waals surface area contributed by atoms with E-state index in [9.17, 15) is 5.11 Å². The van der Waals surface area contributed by atoms with Crippen LogP contribution in [0.15, 0.2) is 91.0 Å². The van der Waals surface area contributed by atoms with Gasteiger partial charge in [-0.25, -0.2) is 0 Å². The van der Waals surface area contributed by atoms with E-state index in [1.807, 2.05) is 66.7 Å². The van der Waals surface area contributed by atoms with Crippen LogP contribution in [0.5, 0.6) is 0 Å². The molecular formula is C22H23NO. The van der Waals surface area contributed by atoms with Gasteiger partial charge in [0.2, 0.25) is 0 Å². The molecule has 0 aliphatic carbocycles. The smallest absolute Gasteiger partial charge is 0.0984 e. The summed E-state index contributed by atoms with van der Waals surface area (Å²) in [6.07, 6.45) is -0.611. The average Bonchev–Trinajstić information content (AvgIpc) is 2.67. The third-order valence-corrected chi connectivity index (χ3v) is 4.34. The standard InChI is InChI=1S/C22H23NO/c1-17(18-11-5-2-6-12-18)23-21(19-13-7-3-8-14-19)22(24)20-15-9-4-10-16-20/h2-17,21-24H,1H3/t17-,21-,22+/m0/s1. The van der Waals surface area contributed by atoms with Crippen molar-refractivity contribution in [2.75, 3.05) is 0 Å². The highest BCUT2D eigenvalue weighted by molar-refractivity contribution is 5.27. The van der Waals surface area contributed by atoms with Crippen LogP contribution in [0.4, 0.5) is 0 Å². The van der Waals surface area contributed by atoms with E-state index in [0.29, 0.717) is 0 Å². The van der Waals surface area contributed by atoms with Gasteiger partial charge < -0.3 is 10.4 Å². The van der Waals surface area contributed by atoms with Crippen molar-refractivity contribution in [3.8, 4) is 0 Å². The molecule has 0 fully saturated rings. The molecule has 0 bridgehead atoms. The van der Waals surface area contributed by atoms with Crippen molar-refractivity contribution in [2.45, 2.75) is 25.1 Å². The van der Waals surface area contributed by atoms with Crippen LogP contribution in [0.1, 0.15) is 41.8 Å². The van der Waals surface area contributed by atoms with Crippen LogP contribution in [0.2, 0.25) is 0 Å². The van der Waals surface area contributed by atoms with Gasteiger partial charge >= 0.3 is 0 Å². The van der Waals surface area contributed by atoms with E-state index in [0.717, 1.165) is 11.1 Å². The van der Waals surface area contributed by atoms with Gasteiger partial charge in [0, 0.05) is 6.04 Å². The summed E-state index contributed by atoms with van der Waals surface area (Å²) in [4.78, 5) is 0. The third kappa shape index (κ3) is 3.91. The lowest BCUT2D eigenvalue weighted by atomic mass is 9.94. The van der Waals surface area contributed by atoms with Crippen molar-refractivity contribution in [3.05, 3.63) is 108 Å². The molecule has 0 amide bonds. The fraction of sp³-hybridized carbons (Fsp3) is 0.182. The molecule has 0 aliphatic heterocycles. The quantitative estimate of drug-likeness (QED) is 0.683. The van der Waals surface area contributed by atoms with Gasteiger partial charge in [0.05, 0.1) is 12.1 Å². The lowest BCUT2D eigenvalue weighted by Gasteiger charge is -2.28. The van der Waals surface area contributed by atoms with Crippen molar-refractivity contribution in [3.63, 3.8) is 0 Å². The van der Waals surface area contributed by atoms with E-state index >= 15 is 0 Å². The molecule has 0 saturated carbocycles. The van der Waals surface area contributed by atoms with Crippen molar-refractivity contribution < 1.29 is 5.11 Å². The van der Waals surface area contributed by atoms with Crippen LogP contribution in [0.3, 0.4) is 0 Å². The SMILES string of the molecule is C[C@H](N[C@@H](c1ccccc1)[C@H](O)c1ccccc1)c1ccccc1. The van der Waals surface area contributed by atoms with Crippen LogP contribution in [-0.2, 0) is 0 Å². The number of rotatable bonds is 6. The van der Waals surface area contributed by atoms with E-state index in [1.165, 1.54) is 5.56 Å². The molecule has 0 heterocycles. The summed E-state index contributed by atoms with van der Waals surface area (Å²) in [5.74, 6) is 0. The predicted molar refractivity (Wildman–Crippen MR) is 98.6 cm³/mol. The van der Waals surface area contributed by atoms with Crippen molar-refractivity contribution in [1.29, 1.82) is 0 Å². The number of hydrogen-bond acceptors (Lipinski definition) is 2. The Morgan fingerprint density at radius 3 is 1.54 bits per heavy atom. The maximum absolute atomic E-state index is 11.0. The van der Waals surface area contributed by atoms with E-state index in [-0.39, 0.29) is 12.1 Å². The second-order valence-corrected chi connectivity index (χ2v) is 6.04. The molecular weight excluding hydrogens is 294 g/mol. The second kappa shape index (κ2) is 7.91. The summed E-state index contributed by atoms with van der Waals surface area (Å²) in [6, 6.07) is 30.2. The van der Waals surface area contributed by atoms with E-state index in [1.54, 1.807) is 0 Å². The van der Waals surface area contributed by atoms with Crippen molar-refractivity contribution in [1.82, 2.24) is 5.32 Å². The minimum Gasteiger partial charge on any atom is -0.386 e. The predicted octanol–water partition coefficient (Wildman–Crippen LogP) is 4.81. The first-order valence-corrected chi connectivity index (χ1v) is 8.34. The van der Waals surface area contributed by atoms with Gasteiger partial charge in [-0.15, -0.1) is 0 Å². The van der Waals surface area contributed by atoms with Gasteiger partial charge in [-0.1, -0.05) is 91.0 Å². The zero-order valence-corrected chi connectivity index (χ0v) is 13.8. The van der Waals surface area contributed by atoms with Gasteiger partial charge in [-0.05, 0) is 23.6 Å². The summed E-state index contributed by atoms with van der Waals surface area (Å²) in [5, 5.41) is 14.6. The van der Waals surface area contributed by atoms with E-state index in [2.05, 4.69) is 36.5 Å². The van der Waals surface area contributed by atoms with Gasteiger partial charge in [0.1, 0.15) is 0 Å². The monoisotopic (exact) mass is 317 g/mol. The molecule has 3 atom stereocenters. The molecule has 0 saturated heterocycles. The fourth-order valence-corrected chi connectivity index (χ4v) is 2.98.